The molecule has 6 heteroatoms. The number of benzene rings is 1. The number of aryl methyl sites for hydroxylation is 3. The van der Waals surface area contributed by atoms with Gasteiger partial charge in [0.1, 0.15) is 5.52 Å². The van der Waals surface area contributed by atoms with E-state index in [-0.39, 0.29) is 5.56 Å². The number of nitrogens with zero attached hydrogens (tertiary/aromatic N) is 3. The first kappa shape index (κ1) is 12.8. The van der Waals surface area contributed by atoms with Crippen molar-refractivity contribution < 1.29 is 9.90 Å². The van der Waals surface area contributed by atoms with Gasteiger partial charge in [-0.3, -0.25) is 0 Å². The van der Waals surface area contributed by atoms with Crippen molar-refractivity contribution in [2.75, 3.05) is 0 Å². The maximum Gasteiger partial charge on any atom is 0.337 e. The number of rotatable bonds is 4. The Morgan fingerprint density at radius 1 is 1.45 bits per heavy atom. The van der Waals surface area contributed by atoms with Crippen LogP contribution in [0.4, 0.5) is 0 Å². The van der Waals surface area contributed by atoms with Crippen LogP contribution >= 0.6 is 11.3 Å². The number of aromatic carboxylic acids is 1. The van der Waals surface area contributed by atoms with Crippen LogP contribution in [0.15, 0.2) is 29.9 Å². The lowest BCUT2D eigenvalue weighted by atomic mass is 10.2. The highest BCUT2D eigenvalue weighted by Gasteiger charge is 2.12. The Hall–Kier alpha value is -2.21. The molecule has 2 aromatic heterocycles. The molecule has 0 bridgehead atoms. The van der Waals surface area contributed by atoms with Crippen LogP contribution in [0.2, 0.25) is 0 Å². The summed E-state index contributed by atoms with van der Waals surface area (Å²) in [5, 5.41) is 12.3. The highest BCUT2D eigenvalue weighted by molar-refractivity contribution is 7.09. The van der Waals surface area contributed by atoms with E-state index in [1.165, 1.54) is 0 Å². The summed E-state index contributed by atoms with van der Waals surface area (Å²) in [6.45, 7) is 2.72. The molecule has 0 saturated carbocycles. The minimum Gasteiger partial charge on any atom is -0.478 e. The molecule has 0 aliphatic rings. The molecular weight excluding hydrogens is 274 g/mol. The van der Waals surface area contributed by atoms with E-state index in [2.05, 4.69) is 9.97 Å². The van der Waals surface area contributed by atoms with E-state index in [1.807, 2.05) is 22.9 Å². The molecule has 0 radical (unpaired) electrons. The summed E-state index contributed by atoms with van der Waals surface area (Å²) < 4.78 is 1.97. The number of hydrogen-bond acceptors (Lipinski definition) is 4. The molecule has 0 spiro atoms. The molecular formula is C14H13N3O2S. The van der Waals surface area contributed by atoms with Gasteiger partial charge in [0.25, 0.3) is 0 Å². The number of fused-ring (bicyclic) bond motifs is 1. The molecule has 3 rings (SSSR count). The van der Waals surface area contributed by atoms with Gasteiger partial charge in [0.15, 0.2) is 0 Å². The minimum absolute atomic E-state index is 0.242. The molecule has 0 amide bonds. The van der Waals surface area contributed by atoms with Gasteiger partial charge in [-0.15, -0.1) is 11.3 Å². The zero-order valence-electron chi connectivity index (χ0n) is 10.9. The highest BCUT2D eigenvalue weighted by Crippen LogP contribution is 2.18. The van der Waals surface area contributed by atoms with Crippen molar-refractivity contribution in [2.45, 2.75) is 19.9 Å². The lowest BCUT2D eigenvalue weighted by molar-refractivity contribution is 0.0699. The Morgan fingerprint density at radius 2 is 2.30 bits per heavy atom. The molecule has 0 saturated heterocycles. The molecule has 20 heavy (non-hydrogen) atoms. The van der Waals surface area contributed by atoms with Gasteiger partial charge in [0.2, 0.25) is 0 Å². The monoisotopic (exact) mass is 287 g/mol. The van der Waals surface area contributed by atoms with Gasteiger partial charge in [0.05, 0.1) is 22.4 Å². The average Bonchev–Trinajstić information content (AvgIpc) is 3.02. The lowest BCUT2D eigenvalue weighted by Gasteiger charge is -2.03. The Kier molecular flexibility index (Phi) is 3.23. The van der Waals surface area contributed by atoms with Crippen molar-refractivity contribution in [3.63, 3.8) is 0 Å². The number of thiazole rings is 1. The summed E-state index contributed by atoms with van der Waals surface area (Å²) in [4.78, 5) is 19.8. The third kappa shape index (κ3) is 2.30. The third-order valence-electron chi connectivity index (χ3n) is 3.11. The maximum absolute atomic E-state index is 11.1. The first-order valence-corrected chi connectivity index (χ1v) is 7.11. The predicted octanol–water partition coefficient (Wildman–Crippen LogP) is 2.74. The van der Waals surface area contributed by atoms with Gasteiger partial charge in [-0.05, 0) is 19.1 Å². The SMILES string of the molecule is Cc1csc(CCn2cnc3c(C(=O)O)cccc32)n1. The maximum atomic E-state index is 11.1. The van der Waals surface area contributed by atoms with Gasteiger partial charge in [-0.2, -0.15) is 0 Å². The number of imidazole rings is 1. The smallest absolute Gasteiger partial charge is 0.337 e. The fraction of sp³-hybridized carbons (Fsp3) is 0.214. The quantitative estimate of drug-likeness (QED) is 0.801. The van der Waals surface area contributed by atoms with Crippen molar-refractivity contribution in [1.82, 2.24) is 14.5 Å². The lowest BCUT2D eigenvalue weighted by Crippen LogP contribution is -2.01. The normalized spacial score (nSPS) is 11.1. The Morgan fingerprint density at radius 3 is 3.00 bits per heavy atom. The minimum atomic E-state index is -0.948. The van der Waals surface area contributed by atoms with Gasteiger partial charge in [-0.1, -0.05) is 6.07 Å². The Bertz CT molecular complexity index is 776. The van der Waals surface area contributed by atoms with E-state index < -0.39 is 5.97 Å². The van der Waals surface area contributed by atoms with Crippen LogP contribution in [0, 0.1) is 6.92 Å². The summed E-state index contributed by atoms with van der Waals surface area (Å²) in [5.41, 5.74) is 2.66. The average molecular weight is 287 g/mol. The molecule has 5 nitrogen and oxygen atoms in total. The van der Waals surface area contributed by atoms with E-state index in [9.17, 15) is 4.79 Å². The van der Waals surface area contributed by atoms with Crippen LogP contribution in [0.3, 0.4) is 0 Å². The third-order valence-corrected chi connectivity index (χ3v) is 4.14. The number of hydrogen-bond donors (Lipinski definition) is 1. The molecule has 3 aromatic rings. The van der Waals surface area contributed by atoms with Crippen LogP contribution in [0.5, 0.6) is 0 Å². The summed E-state index contributed by atoms with van der Waals surface area (Å²) in [6.07, 6.45) is 2.51. The van der Waals surface area contributed by atoms with Crippen molar-refractivity contribution in [3.8, 4) is 0 Å². The first-order chi connectivity index (χ1) is 9.65. The van der Waals surface area contributed by atoms with Gasteiger partial charge in [-0.25, -0.2) is 14.8 Å². The zero-order valence-corrected chi connectivity index (χ0v) is 11.7. The first-order valence-electron chi connectivity index (χ1n) is 6.23. The second-order valence-electron chi connectivity index (χ2n) is 4.55. The second kappa shape index (κ2) is 5.05. The van der Waals surface area contributed by atoms with Crippen molar-refractivity contribution in [3.05, 3.63) is 46.2 Å². The molecule has 0 atom stereocenters. The van der Waals surface area contributed by atoms with Crippen LogP contribution in [-0.4, -0.2) is 25.6 Å². The summed E-state index contributed by atoms with van der Waals surface area (Å²) in [5.74, 6) is -0.948. The highest BCUT2D eigenvalue weighted by atomic mass is 32.1. The number of carbonyl (C=O) groups is 1. The van der Waals surface area contributed by atoms with Gasteiger partial charge in [0, 0.05) is 24.0 Å². The summed E-state index contributed by atoms with van der Waals surface area (Å²) in [7, 11) is 0. The summed E-state index contributed by atoms with van der Waals surface area (Å²) >= 11 is 1.65. The fourth-order valence-corrected chi connectivity index (χ4v) is 2.94. The second-order valence-corrected chi connectivity index (χ2v) is 5.49. The van der Waals surface area contributed by atoms with Crippen LogP contribution in [0.1, 0.15) is 21.1 Å². The number of carboxylic acids is 1. The Labute approximate surface area is 119 Å². The van der Waals surface area contributed by atoms with Gasteiger partial charge >= 0.3 is 5.97 Å². The summed E-state index contributed by atoms with van der Waals surface area (Å²) in [6, 6.07) is 5.21. The molecule has 0 fully saturated rings. The fourth-order valence-electron chi connectivity index (χ4n) is 2.17. The van der Waals surface area contributed by atoms with E-state index in [0.717, 1.165) is 29.2 Å². The standard InChI is InChI=1S/C14H13N3O2S/c1-9-7-20-12(16-9)5-6-17-8-15-13-10(14(18)19)3-2-4-11(13)17/h2-4,7-8H,5-6H2,1H3,(H,18,19). The molecule has 0 aliphatic heterocycles. The molecule has 102 valence electrons. The topological polar surface area (TPSA) is 68.0 Å². The number of para-hydroxylation sites is 1. The van der Waals surface area contributed by atoms with E-state index >= 15 is 0 Å². The largest absolute Gasteiger partial charge is 0.478 e. The Balaban J connectivity index is 1.89. The zero-order chi connectivity index (χ0) is 14.1. The van der Waals surface area contributed by atoms with Crippen LogP contribution < -0.4 is 0 Å². The predicted molar refractivity (Wildman–Crippen MR) is 77.2 cm³/mol. The molecule has 1 N–H and O–H groups in total. The van der Waals surface area contributed by atoms with Crippen LogP contribution in [0.25, 0.3) is 11.0 Å². The van der Waals surface area contributed by atoms with E-state index in [1.54, 1.807) is 29.8 Å². The molecule has 2 heterocycles. The molecule has 0 aliphatic carbocycles. The van der Waals surface area contributed by atoms with E-state index in [4.69, 9.17) is 5.11 Å². The molecule has 1 aromatic carbocycles. The number of carboxylic acid groups (broad SMARTS) is 1. The van der Waals surface area contributed by atoms with Gasteiger partial charge < -0.3 is 9.67 Å². The van der Waals surface area contributed by atoms with E-state index in [0.29, 0.717) is 5.52 Å². The molecule has 0 unspecified atom stereocenters. The van der Waals surface area contributed by atoms with Crippen LogP contribution in [-0.2, 0) is 13.0 Å². The van der Waals surface area contributed by atoms with Crippen molar-refractivity contribution >= 4 is 28.3 Å². The van der Waals surface area contributed by atoms with Crippen molar-refractivity contribution in [1.29, 1.82) is 0 Å². The number of aromatic nitrogens is 3. The van der Waals surface area contributed by atoms with Crippen molar-refractivity contribution in [2.24, 2.45) is 0 Å².